The number of nitrogens with two attached hydrogens (primary N) is 1. The summed E-state index contributed by atoms with van der Waals surface area (Å²) in [6, 6.07) is 3.97. The van der Waals surface area contributed by atoms with Crippen LogP contribution >= 0.6 is 0 Å². The molecule has 19 heavy (non-hydrogen) atoms. The lowest BCUT2D eigenvalue weighted by molar-refractivity contribution is -0.137. The Hall–Kier alpha value is -1.72. The third-order valence-corrected chi connectivity index (χ3v) is 2.89. The molecule has 0 aromatic heterocycles. The van der Waals surface area contributed by atoms with Gasteiger partial charge in [-0.3, -0.25) is 5.41 Å². The van der Waals surface area contributed by atoms with E-state index >= 15 is 0 Å². The van der Waals surface area contributed by atoms with Gasteiger partial charge in [0, 0.05) is 23.8 Å². The molecule has 0 spiro atoms. The summed E-state index contributed by atoms with van der Waals surface area (Å²) in [5, 5.41) is 7.23. The molecule has 6 heteroatoms. The smallest absolute Gasteiger partial charge is 0.384 e. The Morgan fingerprint density at radius 1 is 1.37 bits per heavy atom. The van der Waals surface area contributed by atoms with Crippen LogP contribution in [0.2, 0.25) is 0 Å². The molecule has 0 saturated heterocycles. The lowest BCUT2D eigenvalue weighted by atomic mass is 10.0. The van der Waals surface area contributed by atoms with Crippen molar-refractivity contribution in [1.82, 2.24) is 0 Å². The van der Waals surface area contributed by atoms with E-state index < -0.39 is 17.6 Å². The zero-order valence-corrected chi connectivity index (χ0v) is 11.2. The monoisotopic (exact) mass is 273 g/mol. The van der Waals surface area contributed by atoms with E-state index in [9.17, 15) is 13.2 Å². The van der Waals surface area contributed by atoms with E-state index in [0.717, 1.165) is 6.07 Å². The largest absolute Gasteiger partial charge is 0.417 e. The third-order valence-electron chi connectivity index (χ3n) is 2.89. The molecule has 0 radical (unpaired) electrons. The number of rotatable bonds is 4. The van der Waals surface area contributed by atoms with Crippen LogP contribution in [-0.2, 0) is 6.18 Å². The van der Waals surface area contributed by atoms with Crippen molar-refractivity contribution < 1.29 is 13.2 Å². The van der Waals surface area contributed by atoms with Gasteiger partial charge in [0.1, 0.15) is 5.84 Å². The fraction of sp³-hybridized carbons (Fsp3) is 0.462. The molecule has 0 heterocycles. The highest BCUT2D eigenvalue weighted by Gasteiger charge is 2.34. The van der Waals surface area contributed by atoms with Gasteiger partial charge in [0.2, 0.25) is 0 Å². The van der Waals surface area contributed by atoms with E-state index in [4.69, 9.17) is 11.1 Å². The maximum absolute atomic E-state index is 13.0. The van der Waals surface area contributed by atoms with Gasteiger partial charge in [0.15, 0.2) is 0 Å². The number of nitrogens with zero attached hydrogens (tertiary/aromatic N) is 1. The number of amidine groups is 1. The molecule has 0 saturated carbocycles. The summed E-state index contributed by atoms with van der Waals surface area (Å²) in [5.41, 5.74) is 4.54. The average Bonchev–Trinajstić information content (AvgIpc) is 2.27. The number of nitrogens with one attached hydrogen (secondary N) is 1. The number of benzene rings is 1. The van der Waals surface area contributed by atoms with Gasteiger partial charge in [-0.1, -0.05) is 0 Å². The second-order valence-electron chi connectivity index (χ2n) is 4.52. The first-order chi connectivity index (χ1) is 8.68. The number of hydrogen-bond donors (Lipinski definition) is 2. The lowest BCUT2D eigenvalue weighted by Crippen LogP contribution is -2.31. The maximum Gasteiger partial charge on any atom is 0.417 e. The van der Waals surface area contributed by atoms with Crippen molar-refractivity contribution in [3.8, 4) is 0 Å². The Labute approximate surface area is 110 Å². The first-order valence-corrected chi connectivity index (χ1v) is 6.00. The Kier molecular flexibility index (Phi) is 4.44. The Morgan fingerprint density at radius 3 is 2.32 bits per heavy atom. The maximum atomic E-state index is 13.0. The number of hydrogen-bond acceptors (Lipinski definition) is 2. The molecule has 3 nitrogen and oxygen atoms in total. The van der Waals surface area contributed by atoms with Crippen molar-refractivity contribution in [1.29, 1.82) is 5.41 Å². The third kappa shape index (κ3) is 3.39. The van der Waals surface area contributed by atoms with E-state index in [1.807, 2.05) is 25.7 Å². The van der Waals surface area contributed by atoms with E-state index in [-0.39, 0.29) is 11.6 Å². The molecule has 1 aromatic carbocycles. The summed E-state index contributed by atoms with van der Waals surface area (Å²) in [5.74, 6) is -0.577. The van der Waals surface area contributed by atoms with Crippen LogP contribution < -0.4 is 10.6 Å². The molecule has 1 rings (SSSR count). The number of halogens is 3. The highest BCUT2D eigenvalue weighted by atomic mass is 19.4. The highest BCUT2D eigenvalue weighted by Crippen LogP contribution is 2.34. The fourth-order valence-electron chi connectivity index (χ4n) is 2.03. The molecule has 0 fully saturated rings. The summed E-state index contributed by atoms with van der Waals surface area (Å²) in [7, 11) is 0. The van der Waals surface area contributed by atoms with Gasteiger partial charge in [-0.05, 0) is 39.0 Å². The summed E-state index contributed by atoms with van der Waals surface area (Å²) in [6.45, 7) is 6.31. The molecule has 3 N–H and O–H groups in total. The predicted octanol–water partition coefficient (Wildman–Crippen LogP) is 3.22. The van der Waals surface area contributed by atoms with E-state index in [0.29, 0.717) is 12.2 Å². The number of alkyl halides is 3. The quantitative estimate of drug-likeness (QED) is 0.653. The summed E-state index contributed by atoms with van der Waals surface area (Å²) in [6.07, 6.45) is -4.52. The normalized spacial score (nSPS) is 11.7. The summed E-state index contributed by atoms with van der Waals surface area (Å²) >= 11 is 0. The summed E-state index contributed by atoms with van der Waals surface area (Å²) in [4.78, 5) is 1.85. The molecule has 0 aliphatic rings. The van der Waals surface area contributed by atoms with Gasteiger partial charge in [0.05, 0.1) is 5.56 Å². The zero-order valence-electron chi connectivity index (χ0n) is 11.2. The average molecular weight is 273 g/mol. The van der Waals surface area contributed by atoms with Crippen LogP contribution in [0, 0.1) is 5.41 Å². The van der Waals surface area contributed by atoms with Crippen LogP contribution in [0.5, 0.6) is 0 Å². The van der Waals surface area contributed by atoms with E-state index in [1.165, 1.54) is 6.07 Å². The minimum atomic E-state index is -4.52. The Bertz CT molecular complexity index is 467. The number of nitrogen functional groups attached to an aromatic ring is 1. The van der Waals surface area contributed by atoms with E-state index in [2.05, 4.69) is 0 Å². The Morgan fingerprint density at radius 2 is 1.95 bits per heavy atom. The minimum absolute atomic E-state index is 0.0919. The van der Waals surface area contributed by atoms with Crippen LogP contribution in [0.25, 0.3) is 0 Å². The molecule has 0 aliphatic heterocycles. The predicted molar refractivity (Wildman–Crippen MR) is 70.6 cm³/mol. The topological polar surface area (TPSA) is 53.1 Å². The molecule has 106 valence electrons. The summed E-state index contributed by atoms with van der Waals surface area (Å²) < 4.78 is 39.0. The van der Waals surface area contributed by atoms with Crippen molar-refractivity contribution in [2.75, 3.05) is 11.4 Å². The zero-order chi connectivity index (χ0) is 14.8. The van der Waals surface area contributed by atoms with Gasteiger partial charge in [0.25, 0.3) is 0 Å². The van der Waals surface area contributed by atoms with Gasteiger partial charge >= 0.3 is 6.18 Å². The van der Waals surface area contributed by atoms with Gasteiger partial charge in [-0.25, -0.2) is 0 Å². The van der Waals surface area contributed by atoms with Crippen molar-refractivity contribution in [3.63, 3.8) is 0 Å². The standard InChI is InChI=1S/C13H18F3N3/c1-4-19(8(2)3)9-5-6-10(12(17)18)11(7-9)13(14,15)16/h5-8H,4H2,1-3H3,(H3,17,18). The number of anilines is 1. The molecule has 0 bridgehead atoms. The van der Waals surface area contributed by atoms with Crippen molar-refractivity contribution in [2.24, 2.45) is 5.73 Å². The van der Waals surface area contributed by atoms with Crippen molar-refractivity contribution in [2.45, 2.75) is 33.0 Å². The van der Waals surface area contributed by atoms with Crippen LogP contribution in [0.4, 0.5) is 18.9 Å². The minimum Gasteiger partial charge on any atom is -0.384 e. The fourth-order valence-corrected chi connectivity index (χ4v) is 2.03. The first kappa shape index (κ1) is 15.3. The van der Waals surface area contributed by atoms with Gasteiger partial charge in [-0.2, -0.15) is 13.2 Å². The van der Waals surface area contributed by atoms with Crippen LogP contribution in [-0.4, -0.2) is 18.4 Å². The van der Waals surface area contributed by atoms with Crippen LogP contribution in [0.3, 0.4) is 0 Å². The van der Waals surface area contributed by atoms with Gasteiger partial charge in [-0.15, -0.1) is 0 Å². The van der Waals surface area contributed by atoms with Crippen molar-refractivity contribution >= 4 is 11.5 Å². The molecule has 0 unspecified atom stereocenters. The molecule has 0 atom stereocenters. The molecular formula is C13H18F3N3. The second kappa shape index (κ2) is 5.50. The molecule has 0 aliphatic carbocycles. The Balaban J connectivity index is 3.37. The van der Waals surface area contributed by atoms with E-state index in [1.54, 1.807) is 6.07 Å². The lowest BCUT2D eigenvalue weighted by Gasteiger charge is -2.28. The van der Waals surface area contributed by atoms with Crippen LogP contribution in [0.15, 0.2) is 18.2 Å². The molecule has 1 aromatic rings. The highest BCUT2D eigenvalue weighted by molar-refractivity contribution is 5.97. The van der Waals surface area contributed by atoms with Gasteiger partial charge < -0.3 is 10.6 Å². The SMILES string of the molecule is CCN(c1ccc(C(=N)N)c(C(F)(F)F)c1)C(C)C. The van der Waals surface area contributed by atoms with Crippen LogP contribution in [0.1, 0.15) is 31.9 Å². The molecule has 0 amide bonds. The molecular weight excluding hydrogens is 255 g/mol. The van der Waals surface area contributed by atoms with Crippen molar-refractivity contribution in [3.05, 3.63) is 29.3 Å². The second-order valence-corrected chi connectivity index (χ2v) is 4.52. The first-order valence-electron chi connectivity index (χ1n) is 6.00.